The second kappa shape index (κ2) is 12.4. The number of esters is 1. The van der Waals surface area contributed by atoms with Crippen molar-refractivity contribution in [3.8, 4) is 5.75 Å². The van der Waals surface area contributed by atoms with Crippen LogP contribution in [0.25, 0.3) is 0 Å². The summed E-state index contributed by atoms with van der Waals surface area (Å²) in [6.07, 6.45) is 21.2. The summed E-state index contributed by atoms with van der Waals surface area (Å²) in [5.74, 6) is 5.33. The van der Waals surface area contributed by atoms with Crippen LogP contribution in [0.2, 0.25) is 0 Å². The van der Waals surface area contributed by atoms with Gasteiger partial charge in [-0.05, 0) is 111 Å². The monoisotopic (exact) mass is 452 g/mol. The van der Waals surface area contributed by atoms with E-state index in [1.54, 1.807) is 0 Å². The summed E-state index contributed by atoms with van der Waals surface area (Å²) < 4.78 is 5.77. The zero-order valence-electron chi connectivity index (χ0n) is 21.4. The van der Waals surface area contributed by atoms with Crippen LogP contribution in [-0.4, -0.2) is 5.97 Å². The number of benzene rings is 1. The molecular weight excluding hydrogens is 404 g/mol. The predicted octanol–water partition coefficient (Wildman–Crippen LogP) is 9.08. The minimum absolute atomic E-state index is 0.00753. The molecule has 0 heterocycles. The second-order valence-electron chi connectivity index (χ2n) is 11.7. The van der Waals surface area contributed by atoms with Gasteiger partial charge < -0.3 is 4.74 Å². The van der Waals surface area contributed by atoms with Crippen LogP contribution in [0, 0.1) is 29.6 Å². The smallest absolute Gasteiger partial charge is 0.314 e. The number of hydrogen-bond acceptors (Lipinski definition) is 2. The first-order chi connectivity index (χ1) is 16.2. The summed E-state index contributed by atoms with van der Waals surface area (Å²) in [6, 6.07) is 8.53. The molecule has 0 bridgehead atoms. The largest absolute Gasteiger partial charge is 0.426 e. The first-order valence-corrected chi connectivity index (χ1v) is 14.5. The van der Waals surface area contributed by atoms with Gasteiger partial charge in [0.15, 0.2) is 0 Å². The van der Waals surface area contributed by atoms with Gasteiger partial charge in [-0.15, -0.1) is 0 Å². The average molecular weight is 453 g/mol. The van der Waals surface area contributed by atoms with Crippen LogP contribution >= 0.6 is 0 Å². The standard InChI is InChI=1S/C31H48O2/c1-3-5-23-7-11-25(12-8-23)26-15-17-27(18-16-26)28-19-21-30(22-20-28)33-31(32)29-13-9-24(6-4-2)10-14-29/h19-27,29H,3-18H2,1-2H3. The topological polar surface area (TPSA) is 26.3 Å². The van der Waals surface area contributed by atoms with E-state index in [1.165, 1.54) is 95.5 Å². The lowest BCUT2D eigenvalue weighted by atomic mass is 9.68. The van der Waals surface area contributed by atoms with Crippen molar-refractivity contribution in [2.45, 2.75) is 122 Å². The number of carbonyl (C=O) groups is 1. The van der Waals surface area contributed by atoms with Crippen molar-refractivity contribution < 1.29 is 9.53 Å². The van der Waals surface area contributed by atoms with Gasteiger partial charge in [0.1, 0.15) is 5.75 Å². The summed E-state index contributed by atoms with van der Waals surface area (Å²) in [5.41, 5.74) is 1.44. The molecule has 0 N–H and O–H groups in total. The molecule has 0 radical (unpaired) electrons. The van der Waals surface area contributed by atoms with Crippen LogP contribution in [0.15, 0.2) is 24.3 Å². The molecule has 33 heavy (non-hydrogen) atoms. The number of hydrogen-bond donors (Lipinski definition) is 0. The van der Waals surface area contributed by atoms with Crippen LogP contribution < -0.4 is 4.74 Å². The molecule has 1 aromatic carbocycles. The predicted molar refractivity (Wildman–Crippen MR) is 137 cm³/mol. The molecular formula is C31H48O2. The minimum Gasteiger partial charge on any atom is -0.426 e. The zero-order chi connectivity index (χ0) is 23.0. The summed E-state index contributed by atoms with van der Waals surface area (Å²) in [7, 11) is 0. The van der Waals surface area contributed by atoms with E-state index in [0.717, 1.165) is 42.3 Å². The SMILES string of the molecule is CCCC1CCC(C(=O)Oc2ccc(C3CCC(C4CCC(CCC)CC4)CC3)cc2)CC1. The molecule has 3 aliphatic carbocycles. The first kappa shape index (κ1) is 24.8. The van der Waals surface area contributed by atoms with Gasteiger partial charge in [-0.3, -0.25) is 4.79 Å². The molecule has 0 saturated heterocycles. The molecule has 3 saturated carbocycles. The van der Waals surface area contributed by atoms with E-state index >= 15 is 0 Å². The van der Waals surface area contributed by atoms with Crippen molar-refractivity contribution in [3.05, 3.63) is 29.8 Å². The van der Waals surface area contributed by atoms with Gasteiger partial charge >= 0.3 is 5.97 Å². The lowest BCUT2D eigenvalue weighted by Crippen LogP contribution is -2.26. The van der Waals surface area contributed by atoms with E-state index in [9.17, 15) is 4.79 Å². The third kappa shape index (κ3) is 6.86. The lowest BCUT2D eigenvalue weighted by molar-refractivity contribution is -0.140. The number of ether oxygens (including phenoxy) is 1. The third-order valence-corrected chi connectivity index (χ3v) is 9.47. The maximum Gasteiger partial charge on any atom is 0.314 e. The Kier molecular flexibility index (Phi) is 9.33. The molecule has 2 heteroatoms. The molecule has 0 spiro atoms. The maximum absolute atomic E-state index is 12.6. The Morgan fingerprint density at radius 1 is 0.697 bits per heavy atom. The maximum atomic E-state index is 12.6. The minimum atomic E-state index is -0.00753. The van der Waals surface area contributed by atoms with Crippen LogP contribution in [0.1, 0.15) is 128 Å². The first-order valence-electron chi connectivity index (χ1n) is 14.5. The van der Waals surface area contributed by atoms with E-state index in [-0.39, 0.29) is 11.9 Å². The number of rotatable bonds is 8. The number of carbonyl (C=O) groups excluding carboxylic acids is 1. The highest BCUT2D eigenvalue weighted by Gasteiger charge is 2.31. The molecule has 0 aromatic heterocycles. The summed E-state index contributed by atoms with van der Waals surface area (Å²) in [4.78, 5) is 12.6. The Hall–Kier alpha value is -1.31. The van der Waals surface area contributed by atoms with Crippen molar-refractivity contribution in [3.63, 3.8) is 0 Å². The fourth-order valence-corrected chi connectivity index (χ4v) is 7.38. The molecule has 3 fully saturated rings. The second-order valence-corrected chi connectivity index (χ2v) is 11.7. The van der Waals surface area contributed by atoms with Crippen molar-refractivity contribution in [1.82, 2.24) is 0 Å². The molecule has 2 nitrogen and oxygen atoms in total. The van der Waals surface area contributed by atoms with E-state index in [1.807, 2.05) is 12.1 Å². The van der Waals surface area contributed by atoms with Gasteiger partial charge in [0.05, 0.1) is 5.92 Å². The van der Waals surface area contributed by atoms with Crippen LogP contribution in [0.3, 0.4) is 0 Å². The molecule has 0 aliphatic heterocycles. The molecule has 0 atom stereocenters. The normalized spacial score (nSPS) is 32.9. The van der Waals surface area contributed by atoms with Crippen molar-refractivity contribution in [2.24, 2.45) is 29.6 Å². The van der Waals surface area contributed by atoms with Gasteiger partial charge in [-0.1, -0.05) is 64.5 Å². The summed E-state index contributed by atoms with van der Waals surface area (Å²) in [5, 5.41) is 0. The Morgan fingerprint density at radius 3 is 1.70 bits per heavy atom. The quantitative estimate of drug-likeness (QED) is 0.290. The Labute approximate surface area is 203 Å². The molecule has 0 unspecified atom stereocenters. The van der Waals surface area contributed by atoms with Crippen molar-refractivity contribution >= 4 is 5.97 Å². The van der Waals surface area contributed by atoms with Crippen LogP contribution in [0.5, 0.6) is 5.75 Å². The lowest BCUT2D eigenvalue weighted by Gasteiger charge is -2.38. The van der Waals surface area contributed by atoms with E-state index in [2.05, 4.69) is 26.0 Å². The Bertz CT molecular complexity index is 699. The Morgan fingerprint density at radius 2 is 1.18 bits per heavy atom. The molecule has 3 aliphatic rings. The highest BCUT2D eigenvalue weighted by Crippen LogP contribution is 2.44. The zero-order valence-corrected chi connectivity index (χ0v) is 21.4. The Balaban J connectivity index is 1.20. The highest BCUT2D eigenvalue weighted by atomic mass is 16.5. The molecule has 0 amide bonds. The van der Waals surface area contributed by atoms with Crippen LogP contribution in [-0.2, 0) is 4.79 Å². The van der Waals surface area contributed by atoms with Crippen molar-refractivity contribution in [1.29, 1.82) is 0 Å². The van der Waals surface area contributed by atoms with E-state index in [4.69, 9.17) is 4.74 Å². The van der Waals surface area contributed by atoms with Gasteiger partial charge in [0.25, 0.3) is 0 Å². The van der Waals surface area contributed by atoms with E-state index in [0.29, 0.717) is 5.92 Å². The van der Waals surface area contributed by atoms with Crippen LogP contribution in [0.4, 0.5) is 0 Å². The molecule has 1 aromatic rings. The highest BCUT2D eigenvalue weighted by molar-refractivity contribution is 5.75. The summed E-state index contributed by atoms with van der Waals surface area (Å²) >= 11 is 0. The molecule has 4 rings (SSSR count). The van der Waals surface area contributed by atoms with Gasteiger partial charge in [-0.25, -0.2) is 0 Å². The third-order valence-electron chi connectivity index (χ3n) is 9.47. The van der Waals surface area contributed by atoms with Gasteiger partial charge in [-0.2, -0.15) is 0 Å². The fourth-order valence-electron chi connectivity index (χ4n) is 7.38. The average Bonchev–Trinajstić information content (AvgIpc) is 2.86. The van der Waals surface area contributed by atoms with Crippen molar-refractivity contribution in [2.75, 3.05) is 0 Å². The van der Waals surface area contributed by atoms with Gasteiger partial charge in [0, 0.05) is 0 Å². The van der Waals surface area contributed by atoms with Gasteiger partial charge in [0.2, 0.25) is 0 Å². The summed E-state index contributed by atoms with van der Waals surface area (Å²) in [6.45, 7) is 4.60. The van der Waals surface area contributed by atoms with E-state index < -0.39 is 0 Å². The molecule has 184 valence electrons. The fraction of sp³-hybridized carbons (Fsp3) is 0.774.